The van der Waals surface area contributed by atoms with Gasteiger partial charge in [0, 0.05) is 0 Å². The minimum absolute atomic E-state index is 0.542. The van der Waals surface area contributed by atoms with Crippen LogP contribution in [-0.4, -0.2) is 6.17 Å². The van der Waals surface area contributed by atoms with Crippen molar-refractivity contribution in [2.45, 2.75) is 26.1 Å². The van der Waals surface area contributed by atoms with Gasteiger partial charge in [-0.3, -0.25) is 0 Å². The Balaban J connectivity index is 2.84. The molecular weight excluding hydrogens is 145 g/mol. The predicted molar refractivity (Wildman–Crippen MR) is 40.9 cm³/mol. The van der Waals surface area contributed by atoms with Crippen LogP contribution in [-0.2, 0) is 0 Å². The van der Waals surface area contributed by atoms with Crippen LogP contribution in [0.4, 0.5) is 4.39 Å². The van der Waals surface area contributed by atoms with E-state index in [1.54, 1.807) is 6.07 Å². The van der Waals surface area contributed by atoms with Gasteiger partial charge in [-0.2, -0.15) is 0 Å². The third-order valence-corrected chi connectivity index (χ3v) is 1.70. The van der Waals surface area contributed by atoms with E-state index in [-0.39, 0.29) is 0 Å². The average molecular weight is 157 g/mol. The summed E-state index contributed by atoms with van der Waals surface area (Å²) < 4.78 is 17.7. The molecule has 1 rings (SSSR count). The van der Waals surface area contributed by atoms with Gasteiger partial charge in [0.2, 0.25) is 0 Å². The summed E-state index contributed by atoms with van der Waals surface area (Å²) in [6.45, 7) is 3.27. The zero-order valence-corrected chi connectivity index (χ0v) is 6.67. The molecule has 0 bridgehead atoms. The summed E-state index contributed by atoms with van der Waals surface area (Å²) in [5, 5.41) is 0. The Kier molecular flexibility index (Phi) is 2.29. The molecule has 0 spiro atoms. The highest BCUT2D eigenvalue weighted by Gasteiger charge is 2.18. The van der Waals surface area contributed by atoms with E-state index in [1.807, 2.05) is 6.92 Å². The predicted octanol–water partition coefficient (Wildman–Crippen LogP) is 1.95. The summed E-state index contributed by atoms with van der Waals surface area (Å²) in [5.41, 5.74) is 6.42. The van der Waals surface area contributed by atoms with Crippen LogP contribution in [0.2, 0.25) is 0 Å². The summed E-state index contributed by atoms with van der Waals surface area (Å²) in [5.74, 6) is 0.542. The van der Waals surface area contributed by atoms with E-state index < -0.39 is 12.2 Å². The molecule has 1 aromatic heterocycles. The first-order valence-corrected chi connectivity index (χ1v) is 3.56. The number of nitrogens with two attached hydrogens (primary N) is 1. The van der Waals surface area contributed by atoms with E-state index in [1.165, 1.54) is 13.2 Å². The molecule has 2 N–H and O–H groups in total. The minimum Gasteiger partial charge on any atom is -0.467 e. The summed E-state index contributed by atoms with van der Waals surface area (Å²) in [7, 11) is 0. The SMILES string of the molecule is Cc1ccoc1[C@H](N)C(C)F. The molecule has 1 aromatic rings. The molecule has 3 heteroatoms. The smallest absolute Gasteiger partial charge is 0.126 e. The van der Waals surface area contributed by atoms with Crippen molar-refractivity contribution in [3.63, 3.8) is 0 Å². The van der Waals surface area contributed by atoms with Gasteiger partial charge < -0.3 is 10.2 Å². The Bertz CT molecular complexity index is 232. The Morgan fingerprint density at radius 3 is 2.64 bits per heavy atom. The minimum atomic E-state index is -1.07. The van der Waals surface area contributed by atoms with Crippen LogP contribution in [0, 0.1) is 6.92 Å². The Morgan fingerprint density at radius 2 is 2.27 bits per heavy atom. The molecule has 0 aliphatic carbocycles. The number of halogens is 1. The third kappa shape index (κ3) is 1.60. The lowest BCUT2D eigenvalue weighted by atomic mass is 10.1. The van der Waals surface area contributed by atoms with Crippen molar-refractivity contribution < 1.29 is 8.81 Å². The number of hydrogen-bond acceptors (Lipinski definition) is 2. The number of furan rings is 1. The number of alkyl halides is 1. The first-order chi connectivity index (χ1) is 5.13. The van der Waals surface area contributed by atoms with Crippen molar-refractivity contribution >= 4 is 0 Å². The highest BCUT2D eigenvalue weighted by atomic mass is 19.1. The van der Waals surface area contributed by atoms with Crippen LogP contribution < -0.4 is 5.73 Å². The fraction of sp³-hybridized carbons (Fsp3) is 0.500. The highest BCUT2D eigenvalue weighted by molar-refractivity contribution is 5.18. The van der Waals surface area contributed by atoms with Crippen molar-refractivity contribution in [2.75, 3.05) is 0 Å². The second-order valence-corrected chi connectivity index (χ2v) is 2.67. The van der Waals surface area contributed by atoms with E-state index in [2.05, 4.69) is 0 Å². The van der Waals surface area contributed by atoms with E-state index in [4.69, 9.17) is 10.2 Å². The molecule has 1 heterocycles. The lowest BCUT2D eigenvalue weighted by molar-refractivity contribution is 0.280. The van der Waals surface area contributed by atoms with E-state index >= 15 is 0 Å². The first kappa shape index (κ1) is 8.27. The summed E-state index contributed by atoms with van der Waals surface area (Å²) >= 11 is 0. The second-order valence-electron chi connectivity index (χ2n) is 2.67. The van der Waals surface area contributed by atoms with Crippen LogP contribution in [0.3, 0.4) is 0 Å². The molecule has 2 nitrogen and oxygen atoms in total. The summed E-state index contributed by atoms with van der Waals surface area (Å²) in [6.07, 6.45) is 0.451. The average Bonchev–Trinajstić information content (AvgIpc) is 2.33. The molecule has 0 radical (unpaired) electrons. The van der Waals surface area contributed by atoms with Crippen molar-refractivity contribution in [1.82, 2.24) is 0 Å². The van der Waals surface area contributed by atoms with Gasteiger partial charge >= 0.3 is 0 Å². The molecule has 0 aromatic carbocycles. The van der Waals surface area contributed by atoms with Crippen LogP contribution >= 0.6 is 0 Å². The zero-order chi connectivity index (χ0) is 8.43. The molecule has 2 atom stereocenters. The van der Waals surface area contributed by atoms with Crippen molar-refractivity contribution in [1.29, 1.82) is 0 Å². The lowest BCUT2D eigenvalue weighted by Crippen LogP contribution is -2.19. The summed E-state index contributed by atoms with van der Waals surface area (Å²) in [6, 6.07) is 1.14. The van der Waals surface area contributed by atoms with Gasteiger partial charge in [0.05, 0.1) is 12.3 Å². The van der Waals surface area contributed by atoms with E-state index in [0.717, 1.165) is 5.56 Å². The molecule has 0 aliphatic rings. The van der Waals surface area contributed by atoms with E-state index in [0.29, 0.717) is 5.76 Å². The van der Waals surface area contributed by atoms with Gasteiger partial charge in [-0.1, -0.05) is 0 Å². The van der Waals surface area contributed by atoms with Crippen LogP contribution in [0.5, 0.6) is 0 Å². The normalized spacial score (nSPS) is 16.4. The van der Waals surface area contributed by atoms with E-state index in [9.17, 15) is 4.39 Å². The van der Waals surface area contributed by atoms with Crippen molar-refractivity contribution in [3.8, 4) is 0 Å². The Labute approximate surface area is 65.2 Å². The third-order valence-electron chi connectivity index (χ3n) is 1.70. The molecule has 11 heavy (non-hydrogen) atoms. The highest BCUT2D eigenvalue weighted by Crippen LogP contribution is 2.20. The van der Waals surface area contributed by atoms with Crippen LogP contribution in [0.25, 0.3) is 0 Å². The molecule has 0 aliphatic heterocycles. The monoisotopic (exact) mass is 157 g/mol. The maximum Gasteiger partial charge on any atom is 0.126 e. The standard InChI is InChI=1S/C8H12FNO/c1-5-3-4-11-8(5)7(10)6(2)9/h3-4,6-7H,10H2,1-2H3/t6?,7-/m1/s1. The molecule has 0 fully saturated rings. The first-order valence-electron chi connectivity index (χ1n) is 3.56. The molecule has 0 saturated carbocycles. The van der Waals surface area contributed by atoms with Crippen molar-refractivity contribution in [3.05, 3.63) is 23.7 Å². The van der Waals surface area contributed by atoms with Gasteiger partial charge in [-0.25, -0.2) is 4.39 Å². The number of aryl methyl sites for hydroxylation is 1. The molecule has 1 unspecified atom stereocenters. The Morgan fingerprint density at radius 1 is 1.64 bits per heavy atom. The summed E-state index contributed by atoms with van der Waals surface area (Å²) in [4.78, 5) is 0. The lowest BCUT2D eigenvalue weighted by Gasteiger charge is -2.10. The zero-order valence-electron chi connectivity index (χ0n) is 6.67. The van der Waals surface area contributed by atoms with Gasteiger partial charge in [0.25, 0.3) is 0 Å². The number of rotatable bonds is 2. The van der Waals surface area contributed by atoms with Gasteiger partial charge in [0.15, 0.2) is 0 Å². The van der Waals surface area contributed by atoms with Crippen LogP contribution in [0.1, 0.15) is 24.3 Å². The number of hydrogen-bond donors (Lipinski definition) is 1. The Hall–Kier alpha value is -0.830. The van der Waals surface area contributed by atoms with Crippen molar-refractivity contribution in [2.24, 2.45) is 5.73 Å². The molecule has 62 valence electrons. The quantitative estimate of drug-likeness (QED) is 0.712. The largest absolute Gasteiger partial charge is 0.467 e. The fourth-order valence-corrected chi connectivity index (χ4v) is 0.935. The molecule has 0 amide bonds. The topological polar surface area (TPSA) is 39.2 Å². The second kappa shape index (κ2) is 3.05. The van der Waals surface area contributed by atoms with Gasteiger partial charge in [0.1, 0.15) is 11.9 Å². The molecular formula is C8H12FNO. The van der Waals surface area contributed by atoms with Gasteiger partial charge in [-0.15, -0.1) is 0 Å². The molecule has 0 saturated heterocycles. The van der Waals surface area contributed by atoms with Crippen LogP contribution in [0.15, 0.2) is 16.7 Å². The maximum absolute atomic E-state index is 12.7. The van der Waals surface area contributed by atoms with Gasteiger partial charge in [-0.05, 0) is 25.5 Å². The maximum atomic E-state index is 12.7. The fourth-order valence-electron chi connectivity index (χ4n) is 0.935.